The molecular formula is C12H14BrNO4. The van der Waals surface area contributed by atoms with E-state index < -0.39 is 5.97 Å². The van der Waals surface area contributed by atoms with Crippen LogP contribution < -0.4 is 5.32 Å². The summed E-state index contributed by atoms with van der Waals surface area (Å²) in [5.41, 5.74) is 0.468. The standard InChI is InChI=1S/C12H14BrNO4/c13-10-9(5-6-18-10)11(15)14-8-3-1-7(2-4-8)12(16)17/h5-8H,1-4H2,(H,14,15)(H,16,17). The molecule has 0 atom stereocenters. The Balaban J connectivity index is 1.87. The number of carbonyl (C=O) groups is 2. The van der Waals surface area contributed by atoms with Crippen molar-refractivity contribution in [3.63, 3.8) is 0 Å². The van der Waals surface area contributed by atoms with Crippen LogP contribution in [0.15, 0.2) is 21.4 Å². The zero-order valence-electron chi connectivity index (χ0n) is 9.69. The molecule has 98 valence electrons. The lowest BCUT2D eigenvalue weighted by molar-refractivity contribution is -0.142. The number of hydrogen-bond acceptors (Lipinski definition) is 3. The minimum atomic E-state index is -0.739. The number of carboxylic acids is 1. The Morgan fingerprint density at radius 1 is 1.33 bits per heavy atom. The van der Waals surface area contributed by atoms with E-state index in [0.717, 1.165) is 0 Å². The molecule has 6 heteroatoms. The van der Waals surface area contributed by atoms with Crippen LogP contribution in [0.4, 0.5) is 0 Å². The highest BCUT2D eigenvalue weighted by Crippen LogP contribution is 2.25. The fraction of sp³-hybridized carbons (Fsp3) is 0.500. The molecule has 1 aliphatic rings. The Bertz CT molecular complexity index is 449. The van der Waals surface area contributed by atoms with Crippen LogP contribution in [0.3, 0.4) is 0 Å². The topological polar surface area (TPSA) is 79.5 Å². The van der Waals surface area contributed by atoms with Crippen LogP contribution in [0, 0.1) is 5.92 Å². The van der Waals surface area contributed by atoms with E-state index in [9.17, 15) is 9.59 Å². The smallest absolute Gasteiger partial charge is 0.306 e. The molecule has 0 spiro atoms. The molecule has 5 nitrogen and oxygen atoms in total. The summed E-state index contributed by atoms with van der Waals surface area (Å²) in [5.74, 6) is -1.19. The number of halogens is 1. The number of hydrogen-bond donors (Lipinski definition) is 2. The molecule has 0 radical (unpaired) electrons. The van der Waals surface area contributed by atoms with Gasteiger partial charge in [0.2, 0.25) is 0 Å². The van der Waals surface area contributed by atoms with Crippen LogP contribution >= 0.6 is 15.9 Å². The zero-order valence-corrected chi connectivity index (χ0v) is 11.3. The third-order valence-corrected chi connectivity index (χ3v) is 3.89. The first-order chi connectivity index (χ1) is 8.58. The first-order valence-electron chi connectivity index (χ1n) is 5.84. The van der Waals surface area contributed by atoms with Crippen molar-refractivity contribution in [1.82, 2.24) is 5.32 Å². The van der Waals surface area contributed by atoms with Gasteiger partial charge in [0.1, 0.15) is 0 Å². The molecular weight excluding hydrogens is 302 g/mol. The van der Waals surface area contributed by atoms with Gasteiger partial charge in [0, 0.05) is 6.04 Å². The lowest BCUT2D eigenvalue weighted by Crippen LogP contribution is -2.38. The normalized spacial score (nSPS) is 23.6. The first kappa shape index (κ1) is 13.1. The molecule has 0 bridgehead atoms. The third-order valence-electron chi connectivity index (χ3n) is 3.27. The van der Waals surface area contributed by atoms with Crippen molar-refractivity contribution in [2.45, 2.75) is 31.7 Å². The average molecular weight is 316 g/mol. The van der Waals surface area contributed by atoms with Crippen molar-refractivity contribution < 1.29 is 19.1 Å². The van der Waals surface area contributed by atoms with Gasteiger partial charge in [-0.05, 0) is 47.7 Å². The first-order valence-corrected chi connectivity index (χ1v) is 6.64. The van der Waals surface area contributed by atoms with E-state index in [-0.39, 0.29) is 17.9 Å². The summed E-state index contributed by atoms with van der Waals surface area (Å²) in [4.78, 5) is 22.7. The Labute approximate surface area is 113 Å². The van der Waals surface area contributed by atoms with Crippen molar-refractivity contribution in [2.24, 2.45) is 5.92 Å². The fourth-order valence-electron chi connectivity index (χ4n) is 2.20. The van der Waals surface area contributed by atoms with Crippen LogP contribution in [0.5, 0.6) is 0 Å². The number of carboxylic acid groups (broad SMARTS) is 1. The van der Waals surface area contributed by atoms with Crippen molar-refractivity contribution in [2.75, 3.05) is 0 Å². The van der Waals surface area contributed by atoms with Crippen LogP contribution in [0.25, 0.3) is 0 Å². The van der Waals surface area contributed by atoms with E-state index in [2.05, 4.69) is 21.2 Å². The second-order valence-corrected chi connectivity index (χ2v) is 5.19. The number of nitrogens with one attached hydrogen (secondary N) is 1. The average Bonchev–Trinajstić information content (AvgIpc) is 2.76. The van der Waals surface area contributed by atoms with Gasteiger partial charge in [-0.2, -0.15) is 0 Å². The van der Waals surface area contributed by atoms with Gasteiger partial charge in [-0.15, -0.1) is 0 Å². The van der Waals surface area contributed by atoms with Crippen LogP contribution in [0.1, 0.15) is 36.0 Å². The van der Waals surface area contributed by atoms with E-state index >= 15 is 0 Å². The molecule has 0 unspecified atom stereocenters. The Hall–Kier alpha value is -1.30. The van der Waals surface area contributed by atoms with E-state index in [4.69, 9.17) is 9.52 Å². The summed E-state index contributed by atoms with van der Waals surface area (Å²) in [6, 6.07) is 1.65. The maximum absolute atomic E-state index is 11.9. The SMILES string of the molecule is O=C(NC1CCC(C(=O)O)CC1)c1ccoc1Br. The Kier molecular flexibility index (Phi) is 4.06. The predicted molar refractivity (Wildman–Crippen MR) is 67.3 cm³/mol. The summed E-state index contributed by atoms with van der Waals surface area (Å²) in [5, 5.41) is 11.8. The van der Waals surface area contributed by atoms with Crippen molar-refractivity contribution in [3.8, 4) is 0 Å². The molecule has 1 amide bonds. The number of amides is 1. The molecule has 1 saturated carbocycles. The highest BCUT2D eigenvalue weighted by Gasteiger charge is 2.27. The molecule has 18 heavy (non-hydrogen) atoms. The van der Waals surface area contributed by atoms with Gasteiger partial charge in [-0.3, -0.25) is 9.59 Å². The third kappa shape index (κ3) is 2.93. The minimum absolute atomic E-state index is 0.0508. The summed E-state index contributed by atoms with van der Waals surface area (Å²) >= 11 is 3.16. The van der Waals surface area contributed by atoms with Gasteiger partial charge < -0.3 is 14.8 Å². The number of furan rings is 1. The van der Waals surface area contributed by atoms with Crippen molar-refractivity contribution in [3.05, 3.63) is 22.6 Å². The highest BCUT2D eigenvalue weighted by molar-refractivity contribution is 9.10. The molecule has 0 aromatic carbocycles. The predicted octanol–water partition coefficient (Wildman–Crippen LogP) is 2.42. The van der Waals surface area contributed by atoms with Crippen LogP contribution in [-0.4, -0.2) is 23.0 Å². The van der Waals surface area contributed by atoms with E-state index in [0.29, 0.717) is 35.9 Å². The molecule has 1 aromatic heterocycles. The molecule has 2 rings (SSSR count). The number of rotatable bonds is 3. The molecule has 1 heterocycles. The fourth-order valence-corrected chi connectivity index (χ4v) is 2.62. The number of carbonyl (C=O) groups excluding carboxylic acids is 1. The molecule has 1 fully saturated rings. The van der Waals surface area contributed by atoms with Gasteiger partial charge in [-0.1, -0.05) is 0 Å². The van der Waals surface area contributed by atoms with Gasteiger partial charge in [-0.25, -0.2) is 0 Å². The quantitative estimate of drug-likeness (QED) is 0.897. The molecule has 0 saturated heterocycles. The monoisotopic (exact) mass is 315 g/mol. The Morgan fingerprint density at radius 2 is 2.00 bits per heavy atom. The maximum atomic E-state index is 11.9. The van der Waals surface area contributed by atoms with Crippen molar-refractivity contribution >= 4 is 27.8 Å². The largest absolute Gasteiger partial charge is 0.481 e. The number of aliphatic carboxylic acids is 1. The van der Waals surface area contributed by atoms with E-state index in [1.54, 1.807) is 6.07 Å². The van der Waals surface area contributed by atoms with Gasteiger partial charge in [0.15, 0.2) is 4.67 Å². The summed E-state index contributed by atoms with van der Waals surface area (Å²) < 4.78 is 5.42. The second-order valence-electron chi connectivity index (χ2n) is 4.47. The van der Waals surface area contributed by atoms with E-state index in [1.165, 1.54) is 6.26 Å². The summed E-state index contributed by atoms with van der Waals surface area (Å²) in [6.45, 7) is 0. The highest BCUT2D eigenvalue weighted by atomic mass is 79.9. The van der Waals surface area contributed by atoms with Crippen LogP contribution in [-0.2, 0) is 4.79 Å². The molecule has 1 aliphatic carbocycles. The van der Waals surface area contributed by atoms with Crippen LogP contribution in [0.2, 0.25) is 0 Å². The lowest BCUT2D eigenvalue weighted by atomic mass is 9.86. The maximum Gasteiger partial charge on any atom is 0.306 e. The summed E-state index contributed by atoms with van der Waals surface area (Å²) in [7, 11) is 0. The van der Waals surface area contributed by atoms with Gasteiger partial charge in [0.25, 0.3) is 5.91 Å². The minimum Gasteiger partial charge on any atom is -0.481 e. The Morgan fingerprint density at radius 3 is 2.50 bits per heavy atom. The summed E-state index contributed by atoms with van der Waals surface area (Å²) in [6.07, 6.45) is 4.09. The van der Waals surface area contributed by atoms with Gasteiger partial charge in [0.05, 0.1) is 17.7 Å². The molecule has 2 N–H and O–H groups in total. The lowest BCUT2D eigenvalue weighted by Gasteiger charge is -2.26. The second kappa shape index (κ2) is 5.56. The van der Waals surface area contributed by atoms with Crippen molar-refractivity contribution in [1.29, 1.82) is 0 Å². The van der Waals surface area contributed by atoms with Gasteiger partial charge >= 0.3 is 5.97 Å². The molecule has 0 aliphatic heterocycles. The molecule has 1 aromatic rings. The van der Waals surface area contributed by atoms with E-state index in [1.807, 2.05) is 0 Å². The zero-order chi connectivity index (χ0) is 13.1.